The highest BCUT2D eigenvalue weighted by atomic mass is 16.5. The fourth-order valence-corrected chi connectivity index (χ4v) is 4.60. The van der Waals surface area contributed by atoms with Crippen molar-refractivity contribution in [2.75, 3.05) is 26.2 Å². The predicted molar refractivity (Wildman–Crippen MR) is 150 cm³/mol. The number of hydrogen-bond donors (Lipinski definition) is 3. The summed E-state index contributed by atoms with van der Waals surface area (Å²) in [5.41, 5.74) is -0.940. The fraction of sp³-hybridized carbons (Fsp3) is 0.429. The van der Waals surface area contributed by atoms with Gasteiger partial charge >= 0.3 is 5.69 Å². The molecule has 1 aliphatic rings. The molecule has 41 heavy (non-hydrogen) atoms. The molecule has 218 valence electrons. The zero-order valence-electron chi connectivity index (χ0n) is 23.4. The van der Waals surface area contributed by atoms with Crippen LogP contribution < -0.4 is 26.6 Å². The number of carbonyl (C=O) groups excluding carboxylic acids is 3. The van der Waals surface area contributed by atoms with Crippen molar-refractivity contribution in [3.05, 3.63) is 69.3 Å². The second-order valence-electron chi connectivity index (χ2n) is 10.4. The van der Waals surface area contributed by atoms with Crippen LogP contribution in [0.5, 0.6) is 5.75 Å². The molecule has 1 aromatic carbocycles. The Bertz CT molecular complexity index is 1520. The summed E-state index contributed by atoms with van der Waals surface area (Å²) in [6.07, 6.45) is 5.41. The molecule has 1 atom stereocenters. The lowest BCUT2D eigenvalue weighted by Crippen LogP contribution is -2.51. The van der Waals surface area contributed by atoms with Gasteiger partial charge in [-0.05, 0) is 30.9 Å². The normalized spacial score (nSPS) is 17.1. The van der Waals surface area contributed by atoms with Gasteiger partial charge in [0.15, 0.2) is 0 Å². The molecule has 3 amide bonds. The Hall–Kier alpha value is -4.68. The number of hydrogen-bond acceptors (Lipinski definition) is 7. The van der Waals surface area contributed by atoms with Gasteiger partial charge in [-0.2, -0.15) is 0 Å². The lowest BCUT2D eigenvalue weighted by Gasteiger charge is -2.25. The molecule has 3 heterocycles. The first-order chi connectivity index (χ1) is 19.6. The van der Waals surface area contributed by atoms with Gasteiger partial charge < -0.3 is 29.4 Å². The predicted octanol–water partition coefficient (Wildman–Crippen LogP) is 0.509. The molecular weight excluding hydrogens is 530 g/mol. The third-order valence-electron chi connectivity index (χ3n) is 6.62. The highest BCUT2D eigenvalue weighted by Crippen LogP contribution is 2.23. The molecule has 0 spiro atoms. The maximum absolute atomic E-state index is 13.4. The number of rotatable bonds is 3. The minimum atomic E-state index is -0.846. The van der Waals surface area contributed by atoms with Gasteiger partial charge in [-0.15, -0.1) is 0 Å². The van der Waals surface area contributed by atoms with Gasteiger partial charge in [-0.3, -0.25) is 24.2 Å². The van der Waals surface area contributed by atoms with Crippen LogP contribution in [-0.2, 0) is 23.2 Å². The summed E-state index contributed by atoms with van der Waals surface area (Å²) in [5, 5.41) is 5.65. The lowest BCUT2D eigenvalue weighted by molar-refractivity contribution is -0.129. The highest BCUT2D eigenvalue weighted by molar-refractivity contribution is 5.96. The van der Waals surface area contributed by atoms with Gasteiger partial charge in [0.1, 0.15) is 23.2 Å². The molecule has 0 saturated heterocycles. The van der Waals surface area contributed by atoms with E-state index in [0.29, 0.717) is 31.7 Å². The van der Waals surface area contributed by atoms with Gasteiger partial charge in [-0.25, -0.2) is 9.78 Å². The molecule has 3 N–H and O–H groups in total. The second-order valence-corrected chi connectivity index (χ2v) is 10.4. The molecule has 0 fully saturated rings. The van der Waals surface area contributed by atoms with Crippen molar-refractivity contribution in [1.82, 2.24) is 34.6 Å². The fourth-order valence-electron chi connectivity index (χ4n) is 4.60. The number of amides is 3. The van der Waals surface area contributed by atoms with Crippen molar-refractivity contribution in [1.29, 1.82) is 0 Å². The largest absolute Gasteiger partial charge is 0.494 e. The Balaban J connectivity index is 1.63. The average Bonchev–Trinajstić information content (AvgIpc) is 3.39. The van der Waals surface area contributed by atoms with Crippen molar-refractivity contribution < 1.29 is 19.1 Å². The topological polar surface area (TPSA) is 160 Å². The molecule has 0 unspecified atom stereocenters. The standard InChI is InChI=1S/C28H35N7O6/c1-18(2)14-22-26(38)30-9-12-34-11-8-29-24(34)19-6-4-7-20(15-19)41-13-5-10-35(17-23(36)31-22)27(39)21-16-33(3)28(40)32-25(21)37/h4,6-8,11,15-16,18,22H,5,9-10,12-14,17H2,1-3H3,(H,30,38)(H,31,36)(H,32,37,40)/t22-/m1/s1. The number of carbonyl (C=O) groups is 3. The molecule has 1 aliphatic heterocycles. The minimum absolute atomic E-state index is 0.0830. The maximum Gasteiger partial charge on any atom is 0.328 e. The molecule has 13 nitrogen and oxygen atoms in total. The Morgan fingerprint density at radius 2 is 1.98 bits per heavy atom. The first kappa shape index (κ1) is 29.3. The molecule has 4 rings (SSSR count). The van der Waals surface area contributed by atoms with Crippen molar-refractivity contribution in [2.24, 2.45) is 13.0 Å². The lowest BCUT2D eigenvalue weighted by atomic mass is 10.0. The first-order valence-corrected chi connectivity index (χ1v) is 13.5. The van der Waals surface area contributed by atoms with E-state index in [0.717, 1.165) is 22.2 Å². The number of ether oxygens (including phenoxy) is 1. The van der Waals surface area contributed by atoms with Crippen LogP contribution in [0, 0.1) is 5.92 Å². The van der Waals surface area contributed by atoms with Crippen LogP contribution in [0.3, 0.4) is 0 Å². The van der Waals surface area contributed by atoms with Crippen molar-refractivity contribution in [3.63, 3.8) is 0 Å². The van der Waals surface area contributed by atoms with Crippen molar-refractivity contribution in [2.45, 2.75) is 39.3 Å². The van der Waals surface area contributed by atoms with Crippen LogP contribution in [0.2, 0.25) is 0 Å². The van der Waals surface area contributed by atoms with E-state index in [1.165, 1.54) is 11.9 Å². The Kier molecular flexibility index (Phi) is 9.37. The van der Waals surface area contributed by atoms with Crippen LogP contribution in [-0.4, -0.2) is 74.0 Å². The monoisotopic (exact) mass is 565 g/mol. The first-order valence-electron chi connectivity index (χ1n) is 13.5. The van der Waals surface area contributed by atoms with Gasteiger partial charge in [-0.1, -0.05) is 26.0 Å². The SMILES string of the molecule is CC(C)C[C@H]1NC(=O)CN(C(=O)c2cn(C)c(=O)[nH]c2=O)CCCOc2cccc(c2)-c2nccn2CCNC1=O. The summed E-state index contributed by atoms with van der Waals surface area (Å²) in [6, 6.07) is 6.62. The Morgan fingerprint density at radius 1 is 1.17 bits per heavy atom. The zero-order chi connectivity index (χ0) is 29.5. The number of aromatic amines is 1. The van der Waals surface area contributed by atoms with E-state index in [1.54, 1.807) is 6.20 Å². The number of benzene rings is 1. The molecule has 0 saturated carbocycles. The van der Waals surface area contributed by atoms with Gasteiger partial charge in [0.25, 0.3) is 11.5 Å². The van der Waals surface area contributed by atoms with E-state index in [4.69, 9.17) is 4.74 Å². The van der Waals surface area contributed by atoms with Crippen LogP contribution >= 0.6 is 0 Å². The summed E-state index contributed by atoms with van der Waals surface area (Å²) in [6.45, 7) is 4.58. The molecule has 0 aliphatic carbocycles. The number of fused-ring (bicyclic) bond motifs is 4. The van der Waals surface area contributed by atoms with Gasteiger partial charge in [0.05, 0.1) is 13.2 Å². The average molecular weight is 566 g/mol. The zero-order valence-corrected chi connectivity index (χ0v) is 23.4. The summed E-state index contributed by atoms with van der Waals surface area (Å²) in [5.74, 6) is -0.171. The summed E-state index contributed by atoms with van der Waals surface area (Å²) >= 11 is 0. The number of aryl methyl sites for hydroxylation is 1. The van der Waals surface area contributed by atoms with Crippen LogP contribution in [0.15, 0.2) is 52.4 Å². The highest BCUT2D eigenvalue weighted by Gasteiger charge is 2.26. The molecule has 0 radical (unpaired) electrons. The van der Waals surface area contributed by atoms with Crippen LogP contribution in [0.25, 0.3) is 11.4 Å². The molecule has 2 aromatic heterocycles. The summed E-state index contributed by atoms with van der Waals surface area (Å²) < 4.78 is 8.95. The summed E-state index contributed by atoms with van der Waals surface area (Å²) in [4.78, 5) is 71.7. The van der Waals surface area contributed by atoms with Crippen molar-refractivity contribution in [3.8, 4) is 17.1 Å². The van der Waals surface area contributed by atoms with E-state index in [2.05, 4.69) is 20.6 Å². The van der Waals surface area contributed by atoms with Crippen LogP contribution in [0.1, 0.15) is 37.0 Å². The number of nitrogens with one attached hydrogen (secondary N) is 3. The number of H-pyrrole nitrogens is 1. The van der Waals surface area contributed by atoms with E-state index in [1.807, 2.05) is 48.9 Å². The molecular formula is C28H35N7O6. The smallest absolute Gasteiger partial charge is 0.328 e. The second kappa shape index (κ2) is 13.1. The van der Waals surface area contributed by atoms with Gasteiger partial charge in [0.2, 0.25) is 11.8 Å². The third-order valence-corrected chi connectivity index (χ3v) is 6.62. The van der Waals surface area contributed by atoms with Crippen LogP contribution in [0.4, 0.5) is 0 Å². The van der Waals surface area contributed by atoms with E-state index in [9.17, 15) is 24.0 Å². The third kappa shape index (κ3) is 7.50. The number of aromatic nitrogens is 4. The maximum atomic E-state index is 13.4. The van der Waals surface area contributed by atoms with E-state index >= 15 is 0 Å². The Labute approximate surface area is 236 Å². The van der Waals surface area contributed by atoms with E-state index < -0.39 is 35.6 Å². The molecule has 13 heteroatoms. The quantitative estimate of drug-likeness (QED) is 0.417. The van der Waals surface area contributed by atoms with E-state index in [-0.39, 0.29) is 30.5 Å². The number of imidazole rings is 1. The molecule has 2 bridgehead atoms. The minimum Gasteiger partial charge on any atom is -0.494 e. The van der Waals surface area contributed by atoms with Gasteiger partial charge in [0, 0.05) is 50.8 Å². The summed E-state index contributed by atoms with van der Waals surface area (Å²) in [7, 11) is 1.41. The molecule has 3 aromatic rings. The van der Waals surface area contributed by atoms with Crippen molar-refractivity contribution >= 4 is 17.7 Å². The Morgan fingerprint density at radius 3 is 2.76 bits per heavy atom. The number of nitrogens with zero attached hydrogens (tertiary/aromatic N) is 4.